The summed E-state index contributed by atoms with van der Waals surface area (Å²) in [4.78, 5) is -0.0949. The standard InChI is InChI=1S/C7H10Cl2/c8-7(9)5-2-1-4-3-6(4)5/h4-7H,1-3H2/t4-,5-,6-/m0/s1. The maximum atomic E-state index is 5.77. The SMILES string of the molecule is ClC(Cl)[C@H]1CC[C@H]2C[C@@H]21. The van der Waals surface area contributed by atoms with E-state index in [0.29, 0.717) is 5.92 Å². The molecule has 0 bridgehead atoms. The van der Waals surface area contributed by atoms with E-state index in [2.05, 4.69) is 0 Å². The molecule has 9 heavy (non-hydrogen) atoms. The first-order valence-electron chi connectivity index (χ1n) is 3.57. The van der Waals surface area contributed by atoms with Crippen molar-refractivity contribution in [2.75, 3.05) is 0 Å². The molecule has 0 heterocycles. The summed E-state index contributed by atoms with van der Waals surface area (Å²) in [5, 5.41) is 0. The molecule has 2 aliphatic rings. The van der Waals surface area contributed by atoms with Crippen LogP contribution in [-0.4, -0.2) is 4.84 Å². The van der Waals surface area contributed by atoms with Crippen LogP contribution in [-0.2, 0) is 0 Å². The van der Waals surface area contributed by atoms with Crippen LogP contribution in [0.25, 0.3) is 0 Å². The summed E-state index contributed by atoms with van der Waals surface area (Å²) in [5.74, 6) is 2.55. The van der Waals surface area contributed by atoms with Crippen molar-refractivity contribution in [2.24, 2.45) is 17.8 Å². The van der Waals surface area contributed by atoms with E-state index >= 15 is 0 Å². The van der Waals surface area contributed by atoms with Crippen LogP contribution in [0.3, 0.4) is 0 Å². The highest BCUT2D eigenvalue weighted by atomic mass is 35.5. The first-order chi connectivity index (χ1) is 4.29. The van der Waals surface area contributed by atoms with Crippen molar-refractivity contribution in [1.29, 1.82) is 0 Å². The highest BCUT2D eigenvalue weighted by Crippen LogP contribution is 2.57. The first kappa shape index (κ1) is 6.30. The summed E-state index contributed by atoms with van der Waals surface area (Å²) in [7, 11) is 0. The second kappa shape index (κ2) is 2.03. The molecule has 0 aromatic heterocycles. The second-order valence-corrected chi connectivity index (χ2v) is 4.40. The zero-order chi connectivity index (χ0) is 6.43. The van der Waals surface area contributed by atoms with Gasteiger partial charge in [-0.3, -0.25) is 0 Å². The van der Waals surface area contributed by atoms with E-state index in [4.69, 9.17) is 23.2 Å². The molecule has 0 aliphatic heterocycles. The zero-order valence-electron chi connectivity index (χ0n) is 5.19. The average molecular weight is 165 g/mol. The lowest BCUT2D eigenvalue weighted by atomic mass is 10.1. The van der Waals surface area contributed by atoms with E-state index in [0.717, 1.165) is 11.8 Å². The van der Waals surface area contributed by atoms with Crippen LogP contribution in [0.15, 0.2) is 0 Å². The van der Waals surface area contributed by atoms with Crippen molar-refractivity contribution in [3.8, 4) is 0 Å². The molecule has 0 unspecified atom stereocenters. The van der Waals surface area contributed by atoms with Crippen molar-refractivity contribution in [3.05, 3.63) is 0 Å². The molecule has 3 atom stereocenters. The molecule has 0 nitrogen and oxygen atoms in total. The van der Waals surface area contributed by atoms with Crippen molar-refractivity contribution < 1.29 is 0 Å². The van der Waals surface area contributed by atoms with Crippen LogP contribution >= 0.6 is 23.2 Å². The molecule has 0 saturated heterocycles. The zero-order valence-corrected chi connectivity index (χ0v) is 6.70. The van der Waals surface area contributed by atoms with Crippen molar-refractivity contribution >= 4 is 23.2 Å². The molecule has 0 aromatic rings. The van der Waals surface area contributed by atoms with E-state index in [1.165, 1.54) is 19.3 Å². The molecule has 2 aliphatic carbocycles. The van der Waals surface area contributed by atoms with Crippen LogP contribution in [0.1, 0.15) is 19.3 Å². The summed E-state index contributed by atoms with van der Waals surface area (Å²) in [6, 6.07) is 0. The molecular weight excluding hydrogens is 155 g/mol. The Hall–Kier alpha value is 0.580. The highest BCUT2D eigenvalue weighted by Gasteiger charge is 2.49. The summed E-state index contributed by atoms with van der Waals surface area (Å²) >= 11 is 11.5. The van der Waals surface area contributed by atoms with Gasteiger partial charge in [-0.25, -0.2) is 0 Å². The lowest BCUT2D eigenvalue weighted by Crippen LogP contribution is -2.07. The van der Waals surface area contributed by atoms with Gasteiger partial charge in [0.15, 0.2) is 0 Å². The van der Waals surface area contributed by atoms with Crippen molar-refractivity contribution in [3.63, 3.8) is 0 Å². The molecule has 2 fully saturated rings. The van der Waals surface area contributed by atoms with Gasteiger partial charge in [0, 0.05) is 0 Å². The van der Waals surface area contributed by atoms with Gasteiger partial charge in [0.25, 0.3) is 0 Å². The van der Waals surface area contributed by atoms with Gasteiger partial charge in [-0.1, -0.05) is 0 Å². The quantitative estimate of drug-likeness (QED) is 0.524. The monoisotopic (exact) mass is 164 g/mol. The molecule has 0 N–H and O–H groups in total. The molecule has 0 spiro atoms. The third kappa shape index (κ3) is 0.969. The van der Waals surface area contributed by atoms with Crippen LogP contribution in [0.4, 0.5) is 0 Å². The van der Waals surface area contributed by atoms with Gasteiger partial charge >= 0.3 is 0 Å². The first-order valence-corrected chi connectivity index (χ1v) is 4.44. The maximum Gasteiger partial charge on any atom is 0.110 e. The van der Waals surface area contributed by atoms with Gasteiger partial charge < -0.3 is 0 Å². The third-order valence-electron chi connectivity index (χ3n) is 2.72. The summed E-state index contributed by atoms with van der Waals surface area (Å²) in [6.07, 6.45) is 4.05. The minimum absolute atomic E-state index is 0.0949. The number of halogens is 2. The summed E-state index contributed by atoms with van der Waals surface area (Å²) in [5.41, 5.74) is 0. The molecule has 0 amide bonds. The van der Waals surface area contributed by atoms with E-state index in [1.807, 2.05) is 0 Å². The Balaban J connectivity index is 1.98. The molecule has 52 valence electrons. The van der Waals surface area contributed by atoms with Crippen LogP contribution in [0.2, 0.25) is 0 Å². The maximum absolute atomic E-state index is 5.77. The predicted molar refractivity (Wildman–Crippen MR) is 39.8 cm³/mol. The topological polar surface area (TPSA) is 0 Å². The van der Waals surface area contributed by atoms with E-state index in [1.54, 1.807) is 0 Å². The third-order valence-corrected chi connectivity index (χ3v) is 3.37. The summed E-state index contributed by atoms with van der Waals surface area (Å²) < 4.78 is 0. The molecule has 2 rings (SSSR count). The number of fused-ring (bicyclic) bond motifs is 1. The van der Waals surface area contributed by atoms with Gasteiger partial charge in [-0.05, 0) is 37.0 Å². The molecule has 0 radical (unpaired) electrons. The Morgan fingerprint density at radius 2 is 2.00 bits per heavy atom. The number of rotatable bonds is 1. The largest absolute Gasteiger partial charge is 0.110 e. The Labute approximate surface area is 65.5 Å². The number of hydrogen-bond acceptors (Lipinski definition) is 0. The van der Waals surface area contributed by atoms with Gasteiger partial charge in [0.2, 0.25) is 0 Å². The van der Waals surface area contributed by atoms with Crippen LogP contribution in [0.5, 0.6) is 0 Å². The Bertz CT molecular complexity index is 122. The van der Waals surface area contributed by atoms with Gasteiger partial charge in [0.1, 0.15) is 4.84 Å². The Morgan fingerprint density at radius 1 is 1.22 bits per heavy atom. The minimum Gasteiger partial charge on any atom is -0.105 e. The molecule has 2 heteroatoms. The summed E-state index contributed by atoms with van der Waals surface area (Å²) in [6.45, 7) is 0. The molecular formula is C7H10Cl2. The van der Waals surface area contributed by atoms with E-state index in [-0.39, 0.29) is 4.84 Å². The highest BCUT2D eigenvalue weighted by molar-refractivity contribution is 6.44. The lowest BCUT2D eigenvalue weighted by Gasteiger charge is -2.10. The average Bonchev–Trinajstić information content (AvgIpc) is 2.43. The van der Waals surface area contributed by atoms with Gasteiger partial charge in [0.05, 0.1) is 0 Å². The van der Waals surface area contributed by atoms with E-state index in [9.17, 15) is 0 Å². The molecule has 2 saturated carbocycles. The smallest absolute Gasteiger partial charge is 0.105 e. The van der Waals surface area contributed by atoms with Gasteiger partial charge in [-0.2, -0.15) is 0 Å². The number of alkyl halides is 2. The number of hydrogen-bond donors (Lipinski definition) is 0. The lowest BCUT2D eigenvalue weighted by molar-refractivity contribution is 0.514. The van der Waals surface area contributed by atoms with Crippen LogP contribution in [0, 0.1) is 17.8 Å². The van der Waals surface area contributed by atoms with Crippen LogP contribution < -0.4 is 0 Å². The predicted octanol–water partition coefficient (Wildman–Crippen LogP) is 2.84. The normalized spacial score (nSPS) is 47.7. The minimum atomic E-state index is -0.0949. The van der Waals surface area contributed by atoms with E-state index < -0.39 is 0 Å². The Kier molecular flexibility index (Phi) is 1.42. The Morgan fingerprint density at radius 3 is 2.22 bits per heavy atom. The fraction of sp³-hybridized carbons (Fsp3) is 1.00. The van der Waals surface area contributed by atoms with Crippen molar-refractivity contribution in [2.45, 2.75) is 24.1 Å². The second-order valence-electron chi connectivity index (χ2n) is 3.24. The van der Waals surface area contributed by atoms with Crippen molar-refractivity contribution in [1.82, 2.24) is 0 Å². The fourth-order valence-electron chi connectivity index (χ4n) is 2.06. The van der Waals surface area contributed by atoms with Gasteiger partial charge in [-0.15, -0.1) is 23.2 Å². The fourth-order valence-corrected chi connectivity index (χ4v) is 2.69. The molecule has 0 aromatic carbocycles.